The number of nitrogens with two attached hydrogens (primary N) is 1. The number of amides is 1. The van der Waals surface area contributed by atoms with Crippen LogP contribution >= 0.6 is 0 Å². The van der Waals surface area contributed by atoms with Crippen molar-refractivity contribution in [2.24, 2.45) is 0 Å². The smallest absolute Gasteiger partial charge is 0.235 e. The molecule has 1 aliphatic rings. The molecule has 6 nitrogen and oxygen atoms in total. The summed E-state index contributed by atoms with van der Waals surface area (Å²) in [6.07, 6.45) is 1.41. The fraction of sp³-hybridized carbons (Fsp3) is 0.500. The van der Waals surface area contributed by atoms with Gasteiger partial charge in [0.25, 0.3) is 0 Å². The highest BCUT2D eigenvalue weighted by molar-refractivity contribution is 7.92. The van der Waals surface area contributed by atoms with Crippen LogP contribution in [0.2, 0.25) is 0 Å². The van der Waals surface area contributed by atoms with Gasteiger partial charge < -0.3 is 15.8 Å². The summed E-state index contributed by atoms with van der Waals surface area (Å²) in [5, 5.41) is 2.74. The number of carbonyl (C=O) groups excluding carboxylic acids is 1. The van der Waals surface area contributed by atoms with Gasteiger partial charge in [0, 0.05) is 19.3 Å². The summed E-state index contributed by atoms with van der Waals surface area (Å²) in [5.74, 6) is -1.08. The molecule has 0 spiro atoms. The van der Waals surface area contributed by atoms with Crippen molar-refractivity contribution in [2.75, 3.05) is 24.7 Å². The van der Waals surface area contributed by atoms with Crippen molar-refractivity contribution in [1.29, 1.82) is 0 Å². The fourth-order valence-corrected chi connectivity index (χ4v) is 3.59. The van der Waals surface area contributed by atoms with E-state index in [1.54, 1.807) is 12.1 Å². The summed E-state index contributed by atoms with van der Waals surface area (Å²) in [6.45, 7) is 3.00. The molecule has 1 aromatic carbocycles. The first-order chi connectivity index (χ1) is 9.88. The van der Waals surface area contributed by atoms with Crippen molar-refractivity contribution >= 4 is 21.4 Å². The number of ether oxygens (including phenoxy) is 1. The number of anilines is 1. The monoisotopic (exact) mass is 312 g/mol. The molecular formula is C14H20N2O4S. The molecule has 1 heterocycles. The largest absolute Gasteiger partial charge is 0.398 e. The highest BCUT2D eigenvalue weighted by Gasteiger charge is 2.24. The third-order valence-electron chi connectivity index (χ3n) is 3.41. The molecule has 1 fully saturated rings. The third kappa shape index (κ3) is 4.18. The fourth-order valence-electron chi connectivity index (χ4n) is 2.31. The lowest BCUT2D eigenvalue weighted by molar-refractivity contribution is -0.119. The molecule has 3 N–H and O–H groups in total. The van der Waals surface area contributed by atoms with Crippen LogP contribution in [0.3, 0.4) is 0 Å². The van der Waals surface area contributed by atoms with E-state index in [1.807, 2.05) is 6.92 Å². The molecule has 0 aliphatic carbocycles. The second-order valence-corrected chi connectivity index (χ2v) is 7.21. The van der Waals surface area contributed by atoms with Crippen LogP contribution in [0.4, 0.5) is 5.69 Å². The Morgan fingerprint density at radius 3 is 2.67 bits per heavy atom. The highest BCUT2D eigenvalue weighted by Crippen LogP contribution is 2.20. The first-order valence-corrected chi connectivity index (χ1v) is 8.50. The normalized spacial score (nSPS) is 16.6. The van der Waals surface area contributed by atoms with Crippen molar-refractivity contribution in [2.45, 2.75) is 30.7 Å². The minimum atomic E-state index is -3.73. The number of hydrogen-bond acceptors (Lipinski definition) is 5. The van der Waals surface area contributed by atoms with Crippen LogP contribution in [-0.2, 0) is 19.4 Å². The molecule has 21 heavy (non-hydrogen) atoms. The first kappa shape index (κ1) is 15.8. The molecule has 2 rings (SSSR count). The average molecular weight is 312 g/mol. The molecule has 0 saturated carbocycles. The molecule has 0 atom stereocenters. The second-order valence-electron chi connectivity index (χ2n) is 5.25. The van der Waals surface area contributed by atoms with Crippen LogP contribution < -0.4 is 11.1 Å². The summed E-state index contributed by atoms with van der Waals surface area (Å²) in [6, 6.07) is 4.68. The van der Waals surface area contributed by atoms with Crippen LogP contribution in [0.5, 0.6) is 0 Å². The van der Waals surface area contributed by atoms with Crippen molar-refractivity contribution in [3.8, 4) is 0 Å². The van der Waals surface area contributed by atoms with Gasteiger partial charge in [-0.3, -0.25) is 4.79 Å². The molecule has 1 saturated heterocycles. The molecule has 0 bridgehead atoms. The Bertz CT molecular complexity index is 622. The van der Waals surface area contributed by atoms with Gasteiger partial charge in [0.05, 0.1) is 10.6 Å². The van der Waals surface area contributed by atoms with E-state index in [-0.39, 0.29) is 16.6 Å². The Hall–Kier alpha value is -1.60. The van der Waals surface area contributed by atoms with Gasteiger partial charge >= 0.3 is 0 Å². The van der Waals surface area contributed by atoms with Gasteiger partial charge in [-0.05, 0) is 37.5 Å². The maximum Gasteiger partial charge on any atom is 0.235 e. The Kier molecular flexibility index (Phi) is 4.84. The van der Waals surface area contributed by atoms with Crippen LogP contribution in [-0.4, -0.2) is 39.3 Å². The summed E-state index contributed by atoms with van der Waals surface area (Å²) < 4.78 is 29.7. The number of rotatable bonds is 4. The summed E-state index contributed by atoms with van der Waals surface area (Å²) >= 11 is 0. The van der Waals surface area contributed by atoms with Gasteiger partial charge in [0.1, 0.15) is 5.75 Å². The highest BCUT2D eigenvalue weighted by atomic mass is 32.2. The number of benzene rings is 1. The van der Waals surface area contributed by atoms with Crippen molar-refractivity contribution < 1.29 is 17.9 Å². The van der Waals surface area contributed by atoms with Crippen LogP contribution in [0, 0.1) is 6.92 Å². The van der Waals surface area contributed by atoms with Gasteiger partial charge in [-0.2, -0.15) is 0 Å². The quantitative estimate of drug-likeness (QED) is 0.795. The first-order valence-electron chi connectivity index (χ1n) is 6.84. The molecular weight excluding hydrogens is 292 g/mol. The lowest BCUT2D eigenvalue weighted by Gasteiger charge is -2.23. The van der Waals surface area contributed by atoms with E-state index in [0.717, 1.165) is 5.56 Å². The number of nitrogen functional groups attached to an aromatic ring is 1. The molecule has 0 radical (unpaired) electrons. The standard InChI is InChI=1S/C14H20N2O4S/c1-10-2-3-13(12(15)8-10)21(18,19)9-14(17)16-11-4-6-20-7-5-11/h2-3,8,11H,4-7,9,15H2,1H3,(H,16,17). The maximum atomic E-state index is 12.3. The van der Waals surface area contributed by atoms with Gasteiger partial charge in [-0.1, -0.05) is 6.07 Å². The lowest BCUT2D eigenvalue weighted by atomic mass is 10.1. The Morgan fingerprint density at radius 2 is 2.05 bits per heavy atom. The van der Waals surface area contributed by atoms with Crippen molar-refractivity contribution in [3.63, 3.8) is 0 Å². The second kappa shape index (κ2) is 6.44. The van der Waals surface area contributed by atoms with Crippen LogP contribution in [0.1, 0.15) is 18.4 Å². The van der Waals surface area contributed by atoms with Crippen LogP contribution in [0.25, 0.3) is 0 Å². The van der Waals surface area contributed by atoms with Gasteiger partial charge in [0.2, 0.25) is 5.91 Å². The molecule has 1 amide bonds. The molecule has 0 unspecified atom stereocenters. The minimum absolute atomic E-state index is 0.00947. The van der Waals surface area contributed by atoms with E-state index < -0.39 is 21.5 Å². The zero-order valence-electron chi connectivity index (χ0n) is 12.0. The minimum Gasteiger partial charge on any atom is -0.398 e. The van der Waals surface area contributed by atoms with Gasteiger partial charge in [-0.15, -0.1) is 0 Å². The van der Waals surface area contributed by atoms with Gasteiger partial charge in [-0.25, -0.2) is 8.42 Å². The zero-order chi connectivity index (χ0) is 15.5. The topological polar surface area (TPSA) is 98.5 Å². The molecule has 1 aromatic rings. The Labute approximate surface area is 124 Å². The predicted octanol–water partition coefficient (Wildman–Crippen LogP) is 0.646. The zero-order valence-corrected chi connectivity index (χ0v) is 12.8. The van der Waals surface area contributed by atoms with Crippen LogP contribution in [0.15, 0.2) is 23.1 Å². The predicted molar refractivity (Wildman–Crippen MR) is 79.6 cm³/mol. The number of sulfone groups is 1. The molecule has 0 aromatic heterocycles. The van der Waals surface area contributed by atoms with E-state index in [9.17, 15) is 13.2 Å². The average Bonchev–Trinajstić information content (AvgIpc) is 2.38. The number of nitrogens with one attached hydrogen (secondary N) is 1. The number of hydrogen-bond donors (Lipinski definition) is 2. The van der Waals surface area contributed by atoms with Crippen molar-refractivity contribution in [3.05, 3.63) is 23.8 Å². The van der Waals surface area contributed by atoms with E-state index in [2.05, 4.69) is 5.32 Å². The molecule has 1 aliphatic heterocycles. The lowest BCUT2D eigenvalue weighted by Crippen LogP contribution is -2.41. The number of aryl methyl sites for hydroxylation is 1. The summed E-state index contributed by atoms with van der Waals surface area (Å²) in [7, 11) is -3.73. The molecule has 116 valence electrons. The Balaban J connectivity index is 2.04. The van der Waals surface area contributed by atoms with Gasteiger partial charge in [0.15, 0.2) is 9.84 Å². The van der Waals surface area contributed by atoms with Crippen molar-refractivity contribution in [1.82, 2.24) is 5.32 Å². The number of carbonyl (C=O) groups is 1. The van der Waals surface area contributed by atoms with E-state index in [4.69, 9.17) is 10.5 Å². The maximum absolute atomic E-state index is 12.3. The summed E-state index contributed by atoms with van der Waals surface area (Å²) in [4.78, 5) is 11.9. The van der Waals surface area contributed by atoms with E-state index in [0.29, 0.717) is 26.1 Å². The van der Waals surface area contributed by atoms with E-state index in [1.165, 1.54) is 6.07 Å². The summed E-state index contributed by atoms with van der Waals surface area (Å²) in [5.41, 5.74) is 6.79. The molecule has 7 heteroatoms. The third-order valence-corrected chi connectivity index (χ3v) is 5.09. The van der Waals surface area contributed by atoms with E-state index >= 15 is 0 Å². The Morgan fingerprint density at radius 1 is 1.38 bits per heavy atom. The SMILES string of the molecule is Cc1ccc(S(=O)(=O)CC(=O)NC2CCOCC2)c(N)c1.